The fourth-order valence-corrected chi connectivity index (χ4v) is 1.64. The van der Waals surface area contributed by atoms with E-state index < -0.39 is 0 Å². The maximum absolute atomic E-state index is 5.61. The maximum atomic E-state index is 5.61. The van der Waals surface area contributed by atoms with Crippen molar-refractivity contribution in [2.45, 2.75) is 46.8 Å². The molecule has 0 radical (unpaired) electrons. The number of pyridine rings is 1. The Labute approximate surface area is 122 Å². The summed E-state index contributed by atoms with van der Waals surface area (Å²) in [6.45, 7) is 13.4. The zero-order valence-electron chi connectivity index (χ0n) is 13.4. The second-order valence-electron chi connectivity index (χ2n) is 6.34. The van der Waals surface area contributed by atoms with Crippen molar-refractivity contribution in [3.8, 4) is 5.88 Å². The third-order valence-corrected chi connectivity index (χ3v) is 2.55. The van der Waals surface area contributed by atoms with Crippen molar-refractivity contribution in [3.63, 3.8) is 0 Å². The zero-order valence-corrected chi connectivity index (χ0v) is 13.4. The number of hydrogen-bond donors (Lipinski definition) is 1. The summed E-state index contributed by atoms with van der Waals surface area (Å²) < 4.78 is 11.2. The molecule has 0 unspecified atom stereocenters. The number of nitrogens with zero attached hydrogens (tertiary/aromatic N) is 1. The van der Waals surface area contributed by atoms with Crippen LogP contribution in [0.4, 0.5) is 0 Å². The average molecular weight is 280 g/mol. The first kappa shape index (κ1) is 16.9. The highest BCUT2D eigenvalue weighted by molar-refractivity contribution is 5.20. The monoisotopic (exact) mass is 280 g/mol. The van der Waals surface area contributed by atoms with Crippen molar-refractivity contribution >= 4 is 0 Å². The van der Waals surface area contributed by atoms with Crippen LogP contribution in [-0.2, 0) is 11.3 Å². The summed E-state index contributed by atoms with van der Waals surface area (Å²) in [6.07, 6.45) is 1.78. The van der Waals surface area contributed by atoms with Gasteiger partial charge in [0, 0.05) is 18.8 Å². The maximum Gasteiger partial charge on any atom is 0.213 e. The molecule has 0 aliphatic rings. The van der Waals surface area contributed by atoms with Crippen LogP contribution < -0.4 is 10.1 Å². The summed E-state index contributed by atoms with van der Waals surface area (Å²) in [5.41, 5.74) is 1.06. The average Bonchev–Trinajstić information content (AvgIpc) is 2.34. The molecule has 114 valence electrons. The van der Waals surface area contributed by atoms with Gasteiger partial charge in [-0.25, -0.2) is 4.98 Å². The Morgan fingerprint density at radius 2 is 2.00 bits per heavy atom. The molecule has 0 aromatic carbocycles. The van der Waals surface area contributed by atoms with E-state index in [2.05, 4.69) is 24.1 Å². The molecule has 0 aliphatic heterocycles. The molecule has 20 heavy (non-hydrogen) atoms. The highest BCUT2D eigenvalue weighted by Crippen LogP contribution is 2.10. The molecule has 1 aromatic heterocycles. The van der Waals surface area contributed by atoms with Crippen molar-refractivity contribution in [2.75, 3.05) is 19.8 Å². The Bertz CT molecular complexity index is 386. The first-order chi connectivity index (χ1) is 9.37. The molecule has 0 amide bonds. The predicted octanol–water partition coefficient (Wildman–Crippen LogP) is 3.02. The van der Waals surface area contributed by atoms with Crippen molar-refractivity contribution in [3.05, 3.63) is 23.9 Å². The second kappa shape index (κ2) is 8.22. The largest absolute Gasteiger partial charge is 0.475 e. The van der Waals surface area contributed by atoms with Crippen LogP contribution in [0.3, 0.4) is 0 Å². The smallest absolute Gasteiger partial charge is 0.213 e. The SMILES string of the molecule is CC(C)CNCc1ccnc(OCCOC(C)(C)C)c1. The molecule has 1 heterocycles. The molecule has 0 atom stereocenters. The second-order valence-corrected chi connectivity index (χ2v) is 6.34. The minimum atomic E-state index is -0.126. The van der Waals surface area contributed by atoms with Gasteiger partial charge < -0.3 is 14.8 Å². The van der Waals surface area contributed by atoms with E-state index in [1.165, 1.54) is 5.56 Å². The van der Waals surface area contributed by atoms with Gasteiger partial charge in [-0.1, -0.05) is 13.8 Å². The zero-order chi connectivity index (χ0) is 15.0. The molecule has 1 aromatic rings. The lowest BCUT2D eigenvalue weighted by molar-refractivity contribution is -0.0168. The number of aromatic nitrogens is 1. The molecule has 0 aliphatic carbocycles. The number of rotatable bonds is 8. The number of nitrogens with one attached hydrogen (secondary N) is 1. The molecule has 0 bridgehead atoms. The van der Waals surface area contributed by atoms with Gasteiger partial charge in [-0.15, -0.1) is 0 Å². The summed E-state index contributed by atoms with van der Waals surface area (Å²) in [6, 6.07) is 3.98. The highest BCUT2D eigenvalue weighted by Gasteiger charge is 2.09. The molecule has 0 saturated carbocycles. The van der Waals surface area contributed by atoms with Crippen LogP contribution in [0.25, 0.3) is 0 Å². The fraction of sp³-hybridized carbons (Fsp3) is 0.688. The van der Waals surface area contributed by atoms with Crippen molar-refractivity contribution in [1.82, 2.24) is 10.3 Å². The third kappa shape index (κ3) is 8.12. The lowest BCUT2D eigenvalue weighted by atomic mass is 10.2. The standard InChI is InChI=1S/C16H28N2O2/c1-13(2)11-17-12-14-6-7-18-15(10-14)19-8-9-20-16(3,4)5/h6-7,10,13,17H,8-9,11-12H2,1-5H3. The van der Waals surface area contributed by atoms with E-state index in [1.807, 2.05) is 32.9 Å². The molecule has 4 heteroatoms. The van der Waals surface area contributed by atoms with Gasteiger partial charge in [0.2, 0.25) is 5.88 Å². The Kier molecular flexibility index (Phi) is 6.96. The number of hydrogen-bond acceptors (Lipinski definition) is 4. The van der Waals surface area contributed by atoms with Crippen molar-refractivity contribution in [2.24, 2.45) is 5.92 Å². The third-order valence-electron chi connectivity index (χ3n) is 2.55. The van der Waals surface area contributed by atoms with Crippen LogP contribution in [0.2, 0.25) is 0 Å². The first-order valence-electron chi connectivity index (χ1n) is 7.29. The van der Waals surface area contributed by atoms with E-state index >= 15 is 0 Å². The van der Waals surface area contributed by atoms with Gasteiger partial charge in [0.05, 0.1) is 12.2 Å². The van der Waals surface area contributed by atoms with E-state index in [0.717, 1.165) is 13.1 Å². The molecule has 4 nitrogen and oxygen atoms in total. The Hall–Kier alpha value is -1.13. The van der Waals surface area contributed by atoms with Gasteiger partial charge in [0.1, 0.15) is 6.61 Å². The van der Waals surface area contributed by atoms with Crippen molar-refractivity contribution < 1.29 is 9.47 Å². The Balaban J connectivity index is 2.32. The highest BCUT2D eigenvalue weighted by atomic mass is 16.5. The Morgan fingerprint density at radius 1 is 1.25 bits per heavy atom. The van der Waals surface area contributed by atoms with Crippen LogP contribution in [0.15, 0.2) is 18.3 Å². The van der Waals surface area contributed by atoms with Gasteiger partial charge in [0.15, 0.2) is 0 Å². The molecule has 0 fully saturated rings. The minimum Gasteiger partial charge on any atom is -0.475 e. The summed E-state index contributed by atoms with van der Waals surface area (Å²) in [5, 5.41) is 3.41. The minimum absolute atomic E-state index is 0.126. The normalized spacial score (nSPS) is 11.9. The van der Waals surface area contributed by atoms with Crippen LogP contribution in [0.5, 0.6) is 5.88 Å². The molecule has 0 saturated heterocycles. The summed E-state index contributed by atoms with van der Waals surface area (Å²) in [4.78, 5) is 4.21. The first-order valence-corrected chi connectivity index (χ1v) is 7.29. The molecular weight excluding hydrogens is 252 g/mol. The van der Waals surface area contributed by atoms with Crippen LogP contribution in [0.1, 0.15) is 40.2 Å². The van der Waals surface area contributed by atoms with E-state index in [4.69, 9.17) is 9.47 Å². The van der Waals surface area contributed by atoms with Gasteiger partial charge >= 0.3 is 0 Å². The van der Waals surface area contributed by atoms with E-state index in [9.17, 15) is 0 Å². The quantitative estimate of drug-likeness (QED) is 0.743. The van der Waals surface area contributed by atoms with Gasteiger partial charge in [-0.3, -0.25) is 0 Å². The summed E-state index contributed by atoms with van der Waals surface area (Å²) in [5.74, 6) is 1.31. The topological polar surface area (TPSA) is 43.4 Å². The van der Waals surface area contributed by atoms with Crippen LogP contribution in [-0.4, -0.2) is 30.3 Å². The molecule has 1 N–H and O–H groups in total. The summed E-state index contributed by atoms with van der Waals surface area (Å²) in [7, 11) is 0. The van der Waals surface area contributed by atoms with Crippen LogP contribution >= 0.6 is 0 Å². The van der Waals surface area contributed by atoms with E-state index in [0.29, 0.717) is 25.0 Å². The van der Waals surface area contributed by atoms with E-state index in [1.54, 1.807) is 6.20 Å². The van der Waals surface area contributed by atoms with Crippen LogP contribution in [0, 0.1) is 5.92 Å². The molecule has 1 rings (SSSR count). The predicted molar refractivity (Wildman–Crippen MR) is 82.0 cm³/mol. The van der Waals surface area contributed by atoms with Gasteiger partial charge in [-0.05, 0) is 44.9 Å². The van der Waals surface area contributed by atoms with Gasteiger partial charge in [-0.2, -0.15) is 0 Å². The number of ether oxygens (including phenoxy) is 2. The lowest BCUT2D eigenvalue weighted by Gasteiger charge is -2.19. The molecule has 0 spiro atoms. The fourth-order valence-electron chi connectivity index (χ4n) is 1.64. The molecular formula is C16H28N2O2. The van der Waals surface area contributed by atoms with E-state index in [-0.39, 0.29) is 5.60 Å². The summed E-state index contributed by atoms with van der Waals surface area (Å²) >= 11 is 0. The lowest BCUT2D eigenvalue weighted by Crippen LogP contribution is -2.22. The van der Waals surface area contributed by atoms with Crippen molar-refractivity contribution in [1.29, 1.82) is 0 Å². The Morgan fingerprint density at radius 3 is 2.65 bits per heavy atom. The van der Waals surface area contributed by atoms with Gasteiger partial charge in [0.25, 0.3) is 0 Å².